The minimum Gasteiger partial charge on any atom is -0.420 e. The van der Waals surface area contributed by atoms with Crippen LogP contribution in [0.25, 0.3) is 11.0 Å². The van der Waals surface area contributed by atoms with Crippen molar-refractivity contribution in [1.82, 2.24) is 9.97 Å². The summed E-state index contributed by atoms with van der Waals surface area (Å²) in [6, 6.07) is 3.93. The summed E-state index contributed by atoms with van der Waals surface area (Å²) in [4.78, 5) is 30.3. The predicted octanol–water partition coefficient (Wildman–Crippen LogP) is 2.56. The second-order valence-corrected chi connectivity index (χ2v) is 4.52. The van der Waals surface area contributed by atoms with Gasteiger partial charge in [-0.05, 0) is 18.2 Å². The molecule has 0 radical (unpaired) electrons. The molecule has 0 aliphatic heterocycles. The smallest absolute Gasteiger partial charge is 0.349 e. The molecule has 116 valence electrons. The molecular formula is C15H7F3N2O3. The van der Waals surface area contributed by atoms with Crippen molar-refractivity contribution in [3.05, 3.63) is 69.9 Å². The SMILES string of the molecule is O=C(Oc1cccc(F)c1F)c1c[nH]c2ncc(F)cc2c1=O. The molecule has 5 nitrogen and oxygen atoms in total. The number of pyridine rings is 2. The van der Waals surface area contributed by atoms with Gasteiger partial charge in [0.15, 0.2) is 11.6 Å². The van der Waals surface area contributed by atoms with Crippen molar-refractivity contribution in [2.45, 2.75) is 0 Å². The van der Waals surface area contributed by atoms with Crippen LogP contribution >= 0.6 is 0 Å². The maximum absolute atomic E-state index is 13.5. The lowest BCUT2D eigenvalue weighted by atomic mass is 10.2. The average Bonchev–Trinajstić information content (AvgIpc) is 2.52. The topological polar surface area (TPSA) is 72.1 Å². The van der Waals surface area contributed by atoms with Crippen LogP contribution in [-0.2, 0) is 0 Å². The van der Waals surface area contributed by atoms with Crippen LogP contribution in [0.2, 0.25) is 0 Å². The van der Waals surface area contributed by atoms with E-state index >= 15 is 0 Å². The molecule has 3 rings (SSSR count). The number of esters is 1. The Balaban J connectivity index is 2.03. The number of hydrogen-bond donors (Lipinski definition) is 1. The third-order valence-electron chi connectivity index (χ3n) is 3.04. The lowest BCUT2D eigenvalue weighted by Crippen LogP contribution is -2.21. The van der Waals surface area contributed by atoms with Crippen molar-refractivity contribution in [1.29, 1.82) is 0 Å². The lowest BCUT2D eigenvalue weighted by molar-refractivity contribution is 0.0725. The molecule has 8 heteroatoms. The van der Waals surface area contributed by atoms with Gasteiger partial charge in [-0.15, -0.1) is 0 Å². The number of ether oxygens (including phenoxy) is 1. The third kappa shape index (κ3) is 2.66. The quantitative estimate of drug-likeness (QED) is 0.582. The summed E-state index contributed by atoms with van der Waals surface area (Å²) in [5, 5.41) is -0.167. The van der Waals surface area contributed by atoms with E-state index in [1.165, 1.54) is 0 Å². The average molecular weight is 320 g/mol. The first-order chi connectivity index (χ1) is 11.0. The molecule has 0 atom stereocenters. The Labute approximate surface area is 126 Å². The molecule has 0 aliphatic rings. The summed E-state index contributed by atoms with van der Waals surface area (Å²) >= 11 is 0. The number of carbonyl (C=O) groups is 1. The largest absolute Gasteiger partial charge is 0.420 e. The molecule has 0 fully saturated rings. The van der Waals surface area contributed by atoms with E-state index < -0.39 is 40.2 Å². The number of H-pyrrole nitrogens is 1. The molecule has 1 aromatic carbocycles. The van der Waals surface area contributed by atoms with Gasteiger partial charge in [0, 0.05) is 6.20 Å². The van der Waals surface area contributed by atoms with Gasteiger partial charge < -0.3 is 9.72 Å². The summed E-state index contributed by atoms with van der Waals surface area (Å²) in [6.07, 6.45) is 1.91. The van der Waals surface area contributed by atoms with Crippen molar-refractivity contribution >= 4 is 17.0 Å². The number of halogens is 3. The van der Waals surface area contributed by atoms with Gasteiger partial charge in [-0.2, -0.15) is 4.39 Å². The normalized spacial score (nSPS) is 10.7. The van der Waals surface area contributed by atoms with Crippen molar-refractivity contribution in [2.24, 2.45) is 0 Å². The number of rotatable bonds is 2. The monoisotopic (exact) mass is 320 g/mol. The van der Waals surface area contributed by atoms with Crippen LogP contribution in [0.5, 0.6) is 5.75 Å². The predicted molar refractivity (Wildman–Crippen MR) is 73.6 cm³/mol. The van der Waals surface area contributed by atoms with Crippen LogP contribution in [0.4, 0.5) is 13.2 Å². The van der Waals surface area contributed by atoms with Gasteiger partial charge in [0.1, 0.15) is 17.0 Å². The first-order valence-electron chi connectivity index (χ1n) is 6.30. The minimum absolute atomic E-state index is 0.0740. The Morgan fingerprint density at radius 3 is 2.78 bits per heavy atom. The van der Waals surface area contributed by atoms with Gasteiger partial charge in [-0.3, -0.25) is 4.79 Å². The van der Waals surface area contributed by atoms with E-state index in [9.17, 15) is 22.8 Å². The molecule has 0 bridgehead atoms. The number of aromatic nitrogens is 2. The summed E-state index contributed by atoms with van der Waals surface area (Å²) in [6.45, 7) is 0. The van der Waals surface area contributed by atoms with Crippen LogP contribution in [0.1, 0.15) is 10.4 Å². The zero-order valence-electron chi connectivity index (χ0n) is 11.3. The molecule has 0 spiro atoms. The van der Waals surface area contributed by atoms with E-state index in [0.717, 1.165) is 36.7 Å². The fourth-order valence-electron chi connectivity index (χ4n) is 1.95. The molecule has 3 aromatic rings. The first-order valence-corrected chi connectivity index (χ1v) is 6.30. The molecule has 0 amide bonds. The van der Waals surface area contributed by atoms with E-state index in [-0.39, 0.29) is 11.0 Å². The Morgan fingerprint density at radius 2 is 2.00 bits per heavy atom. The van der Waals surface area contributed by atoms with Gasteiger partial charge in [0.25, 0.3) is 0 Å². The van der Waals surface area contributed by atoms with E-state index in [1.807, 2.05) is 0 Å². The number of benzene rings is 1. The van der Waals surface area contributed by atoms with Crippen LogP contribution in [-0.4, -0.2) is 15.9 Å². The molecule has 0 saturated heterocycles. The highest BCUT2D eigenvalue weighted by Gasteiger charge is 2.19. The Bertz CT molecular complexity index is 985. The number of carbonyl (C=O) groups excluding carboxylic acids is 1. The molecule has 0 saturated carbocycles. The van der Waals surface area contributed by atoms with Gasteiger partial charge in [0.2, 0.25) is 11.2 Å². The van der Waals surface area contributed by atoms with Gasteiger partial charge in [-0.1, -0.05) is 6.07 Å². The summed E-state index contributed by atoms with van der Waals surface area (Å²) in [5.41, 5.74) is -1.26. The van der Waals surface area contributed by atoms with Gasteiger partial charge >= 0.3 is 5.97 Å². The summed E-state index contributed by atoms with van der Waals surface area (Å²) < 4.78 is 44.4. The van der Waals surface area contributed by atoms with Crippen LogP contribution < -0.4 is 10.2 Å². The molecule has 2 heterocycles. The minimum atomic E-state index is -1.36. The first kappa shape index (κ1) is 14.8. The number of fused-ring (bicyclic) bond motifs is 1. The molecule has 0 unspecified atom stereocenters. The highest BCUT2D eigenvalue weighted by atomic mass is 19.2. The van der Waals surface area contributed by atoms with Gasteiger partial charge in [0.05, 0.1) is 11.6 Å². The lowest BCUT2D eigenvalue weighted by Gasteiger charge is -2.06. The van der Waals surface area contributed by atoms with Crippen molar-refractivity contribution in [3.8, 4) is 5.75 Å². The van der Waals surface area contributed by atoms with Crippen LogP contribution in [0, 0.1) is 17.5 Å². The standard InChI is InChI=1S/C15H7F3N2O3/c16-7-4-8-13(21)9(6-20-14(8)19-5-7)15(22)23-11-3-1-2-10(17)12(11)18/h1-6H,(H,19,20,21). The second kappa shape index (κ2) is 5.56. The number of hydrogen-bond acceptors (Lipinski definition) is 4. The van der Waals surface area contributed by atoms with E-state index in [2.05, 4.69) is 14.7 Å². The number of aromatic amines is 1. The zero-order chi connectivity index (χ0) is 16.6. The highest BCUT2D eigenvalue weighted by Crippen LogP contribution is 2.20. The van der Waals surface area contributed by atoms with E-state index in [0.29, 0.717) is 0 Å². The Hall–Kier alpha value is -3.16. The van der Waals surface area contributed by atoms with E-state index in [4.69, 9.17) is 0 Å². The second-order valence-electron chi connectivity index (χ2n) is 4.52. The fraction of sp³-hybridized carbons (Fsp3) is 0. The molecule has 23 heavy (non-hydrogen) atoms. The maximum Gasteiger partial charge on any atom is 0.349 e. The maximum atomic E-state index is 13.5. The fourth-order valence-corrected chi connectivity index (χ4v) is 1.95. The molecule has 2 aromatic heterocycles. The van der Waals surface area contributed by atoms with Crippen molar-refractivity contribution < 1.29 is 22.7 Å². The van der Waals surface area contributed by atoms with E-state index in [1.54, 1.807) is 0 Å². The van der Waals surface area contributed by atoms with Crippen molar-refractivity contribution in [2.75, 3.05) is 0 Å². The van der Waals surface area contributed by atoms with Crippen LogP contribution in [0.15, 0.2) is 41.5 Å². The summed E-state index contributed by atoms with van der Waals surface area (Å²) in [7, 11) is 0. The Morgan fingerprint density at radius 1 is 1.22 bits per heavy atom. The number of nitrogens with one attached hydrogen (secondary N) is 1. The Kier molecular flexibility index (Phi) is 3.57. The number of nitrogens with zero attached hydrogens (tertiary/aromatic N) is 1. The third-order valence-corrected chi connectivity index (χ3v) is 3.04. The summed E-state index contributed by atoms with van der Waals surface area (Å²) in [5.74, 6) is -5.18. The highest BCUT2D eigenvalue weighted by molar-refractivity contribution is 5.94. The molecular weight excluding hydrogens is 313 g/mol. The van der Waals surface area contributed by atoms with Gasteiger partial charge in [-0.25, -0.2) is 18.6 Å². The molecule has 1 N–H and O–H groups in total. The molecule has 0 aliphatic carbocycles. The zero-order valence-corrected chi connectivity index (χ0v) is 11.3. The van der Waals surface area contributed by atoms with Crippen molar-refractivity contribution in [3.63, 3.8) is 0 Å². The van der Waals surface area contributed by atoms with Crippen LogP contribution in [0.3, 0.4) is 0 Å².